The molecular formula is C29H27N3O3. The molecule has 0 saturated carbocycles. The van der Waals surface area contributed by atoms with Crippen LogP contribution in [0.2, 0.25) is 0 Å². The first-order valence-corrected chi connectivity index (χ1v) is 11.7. The van der Waals surface area contributed by atoms with E-state index in [1.807, 2.05) is 91.0 Å². The summed E-state index contributed by atoms with van der Waals surface area (Å²) in [6.07, 6.45) is 0.500. The molecule has 1 aliphatic heterocycles. The Morgan fingerprint density at radius 2 is 1.66 bits per heavy atom. The summed E-state index contributed by atoms with van der Waals surface area (Å²) in [5, 5.41) is 3.97. The number of rotatable bonds is 6. The predicted octanol–water partition coefficient (Wildman–Crippen LogP) is 4.45. The number of pyridine rings is 1. The number of carbonyl (C=O) groups excluding carboxylic acids is 2. The van der Waals surface area contributed by atoms with Gasteiger partial charge in [-0.05, 0) is 24.1 Å². The van der Waals surface area contributed by atoms with Crippen molar-refractivity contribution in [2.75, 3.05) is 13.7 Å². The van der Waals surface area contributed by atoms with E-state index in [1.54, 1.807) is 0 Å². The van der Waals surface area contributed by atoms with Gasteiger partial charge in [0.25, 0.3) is 5.91 Å². The zero-order valence-electron chi connectivity index (χ0n) is 19.6. The fraction of sp³-hybridized carbons (Fsp3) is 0.207. The summed E-state index contributed by atoms with van der Waals surface area (Å²) in [6, 6.07) is 28.8. The van der Waals surface area contributed by atoms with Gasteiger partial charge in [0, 0.05) is 30.1 Å². The highest BCUT2D eigenvalue weighted by Gasteiger charge is 2.38. The number of carbonyl (C=O) groups is 2. The number of hydrogen-bond donors (Lipinski definition) is 1. The Kier molecular flexibility index (Phi) is 6.55. The number of nitrogens with one attached hydrogen (secondary N) is 1. The van der Waals surface area contributed by atoms with Crippen LogP contribution in [0.3, 0.4) is 0 Å². The van der Waals surface area contributed by atoms with Gasteiger partial charge in [-0.1, -0.05) is 78.9 Å². The van der Waals surface area contributed by atoms with E-state index in [0.29, 0.717) is 25.1 Å². The van der Waals surface area contributed by atoms with E-state index in [1.165, 1.54) is 7.11 Å². The van der Waals surface area contributed by atoms with Crippen LogP contribution in [0.25, 0.3) is 22.2 Å². The molecular weight excluding hydrogens is 438 g/mol. The zero-order chi connectivity index (χ0) is 24.2. The summed E-state index contributed by atoms with van der Waals surface area (Å²) >= 11 is 0. The van der Waals surface area contributed by atoms with E-state index in [2.05, 4.69) is 10.2 Å². The number of methoxy groups -OCH3 is 1. The molecule has 0 spiro atoms. The largest absolute Gasteiger partial charge is 0.468 e. The molecule has 1 N–H and O–H groups in total. The molecule has 2 atom stereocenters. The predicted molar refractivity (Wildman–Crippen MR) is 136 cm³/mol. The van der Waals surface area contributed by atoms with Crippen molar-refractivity contribution in [1.82, 2.24) is 15.2 Å². The van der Waals surface area contributed by atoms with Crippen molar-refractivity contribution >= 4 is 22.8 Å². The third-order valence-electron chi connectivity index (χ3n) is 6.47. The van der Waals surface area contributed by atoms with Crippen LogP contribution in [0.5, 0.6) is 0 Å². The zero-order valence-corrected chi connectivity index (χ0v) is 19.6. The third kappa shape index (κ3) is 4.93. The topological polar surface area (TPSA) is 71.5 Å². The van der Waals surface area contributed by atoms with Gasteiger partial charge in [0.2, 0.25) is 0 Å². The molecule has 35 heavy (non-hydrogen) atoms. The maximum Gasteiger partial charge on any atom is 0.323 e. The van der Waals surface area contributed by atoms with Gasteiger partial charge < -0.3 is 10.1 Å². The SMILES string of the molecule is COC(=O)[C@@H]1C[C@@H](NC(=O)c2cc(-c3ccccc3)nc3ccccc23)CN1Cc1ccccc1. The van der Waals surface area contributed by atoms with E-state index >= 15 is 0 Å². The molecule has 1 amide bonds. The van der Waals surface area contributed by atoms with Gasteiger partial charge >= 0.3 is 5.97 Å². The molecule has 0 unspecified atom stereocenters. The van der Waals surface area contributed by atoms with Crippen LogP contribution in [-0.4, -0.2) is 47.5 Å². The van der Waals surface area contributed by atoms with Crippen LogP contribution in [0.1, 0.15) is 22.3 Å². The van der Waals surface area contributed by atoms with E-state index < -0.39 is 6.04 Å². The summed E-state index contributed by atoms with van der Waals surface area (Å²) in [5.41, 5.74) is 4.15. The highest BCUT2D eigenvalue weighted by Crippen LogP contribution is 2.26. The lowest BCUT2D eigenvalue weighted by molar-refractivity contribution is -0.146. The monoisotopic (exact) mass is 465 g/mol. The highest BCUT2D eigenvalue weighted by atomic mass is 16.5. The lowest BCUT2D eigenvalue weighted by atomic mass is 10.0. The Labute approximate surface area is 204 Å². The van der Waals surface area contributed by atoms with Gasteiger partial charge in [0.15, 0.2) is 0 Å². The van der Waals surface area contributed by atoms with Crippen molar-refractivity contribution in [2.24, 2.45) is 0 Å². The Bertz CT molecular complexity index is 1340. The molecule has 0 aliphatic carbocycles. The van der Waals surface area contributed by atoms with Gasteiger partial charge in [0.1, 0.15) is 6.04 Å². The second-order valence-electron chi connectivity index (χ2n) is 8.80. The van der Waals surface area contributed by atoms with E-state index in [0.717, 1.165) is 27.7 Å². The van der Waals surface area contributed by atoms with Crippen molar-refractivity contribution in [3.05, 3.63) is 102 Å². The molecule has 6 heteroatoms. The molecule has 0 radical (unpaired) electrons. The number of aromatic nitrogens is 1. The third-order valence-corrected chi connectivity index (χ3v) is 6.47. The molecule has 5 rings (SSSR count). The molecule has 3 aromatic carbocycles. The first-order chi connectivity index (χ1) is 17.1. The van der Waals surface area contributed by atoms with Gasteiger partial charge in [-0.2, -0.15) is 0 Å². The molecule has 1 aliphatic rings. The molecule has 0 bridgehead atoms. The van der Waals surface area contributed by atoms with Crippen molar-refractivity contribution in [1.29, 1.82) is 0 Å². The van der Waals surface area contributed by atoms with Crippen molar-refractivity contribution in [3.63, 3.8) is 0 Å². The number of ether oxygens (including phenoxy) is 1. The highest BCUT2D eigenvalue weighted by molar-refractivity contribution is 6.07. The average molecular weight is 466 g/mol. The maximum atomic E-state index is 13.5. The minimum absolute atomic E-state index is 0.170. The summed E-state index contributed by atoms with van der Waals surface area (Å²) in [6.45, 7) is 1.18. The van der Waals surface area contributed by atoms with Crippen LogP contribution < -0.4 is 5.32 Å². The van der Waals surface area contributed by atoms with Gasteiger partial charge in [0.05, 0.1) is 23.9 Å². The quantitative estimate of drug-likeness (QED) is 0.426. The smallest absolute Gasteiger partial charge is 0.323 e. The van der Waals surface area contributed by atoms with Crippen LogP contribution in [0.15, 0.2) is 91.0 Å². The molecule has 4 aromatic rings. The van der Waals surface area contributed by atoms with Crippen LogP contribution >= 0.6 is 0 Å². The number of para-hydroxylation sites is 1. The fourth-order valence-corrected chi connectivity index (χ4v) is 4.77. The normalized spacial score (nSPS) is 17.9. The van der Waals surface area contributed by atoms with Crippen molar-refractivity contribution < 1.29 is 14.3 Å². The number of hydrogen-bond acceptors (Lipinski definition) is 5. The van der Waals surface area contributed by atoms with Gasteiger partial charge in [-0.15, -0.1) is 0 Å². The number of nitrogens with zero attached hydrogens (tertiary/aromatic N) is 2. The number of benzene rings is 3. The molecule has 176 valence electrons. The van der Waals surface area contributed by atoms with Crippen LogP contribution in [0.4, 0.5) is 0 Å². The molecule has 2 heterocycles. The number of amides is 1. The molecule has 6 nitrogen and oxygen atoms in total. The van der Waals surface area contributed by atoms with Crippen LogP contribution in [0, 0.1) is 0 Å². The lowest BCUT2D eigenvalue weighted by Gasteiger charge is -2.22. The number of fused-ring (bicyclic) bond motifs is 1. The molecule has 1 fully saturated rings. The molecule has 1 saturated heterocycles. The Morgan fingerprint density at radius 1 is 0.971 bits per heavy atom. The minimum atomic E-state index is -0.403. The summed E-state index contributed by atoms with van der Waals surface area (Å²) in [4.78, 5) is 32.9. The standard InChI is InChI=1S/C29H27N3O3/c1-35-29(34)27-16-22(19-32(27)18-20-10-4-2-5-11-20)30-28(33)24-17-26(21-12-6-3-7-13-21)31-25-15-9-8-14-23(24)25/h2-15,17,22,27H,16,18-19H2,1H3,(H,30,33)/t22-,27+/m1/s1. The van der Waals surface area contributed by atoms with Gasteiger partial charge in [-0.3, -0.25) is 14.5 Å². The van der Waals surface area contributed by atoms with E-state index in [-0.39, 0.29) is 17.9 Å². The Hall–Kier alpha value is -4.03. The fourth-order valence-electron chi connectivity index (χ4n) is 4.77. The first kappa shape index (κ1) is 22.7. The van der Waals surface area contributed by atoms with E-state index in [4.69, 9.17) is 9.72 Å². The number of likely N-dealkylation sites (tertiary alicyclic amines) is 1. The maximum absolute atomic E-state index is 13.5. The summed E-state index contributed by atoms with van der Waals surface area (Å²) in [5.74, 6) is -0.450. The second kappa shape index (κ2) is 10.1. The van der Waals surface area contributed by atoms with Crippen LogP contribution in [-0.2, 0) is 16.1 Å². The van der Waals surface area contributed by atoms with E-state index in [9.17, 15) is 9.59 Å². The Morgan fingerprint density at radius 3 is 2.40 bits per heavy atom. The number of esters is 1. The molecule has 1 aromatic heterocycles. The lowest BCUT2D eigenvalue weighted by Crippen LogP contribution is -2.37. The summed E-state index contributed by atoms with van der Waals surface area (Å²) in [7, 11) is 1.41. The minimum Gasteiger partial charge on any atom is -0.468 e. The summed E-state index contributed by atoms with van der Waals surface area (Å²) < 4.78 is 5.06. The first-order valence-electron chi connectivity index (χ1n) is 11.7. The average Bonchev–Trinajstić information content (AvgIpc) is 3.30. The van der Waals surface area contributed by atoms with Gasteiger partial charge in [-0.25, -0.2) is 4.98 Å². The van der Waals surface area contributed by atoms with Crippen molar-refractivity contribution in [2.45, 2.75) is 25.0 Å². The second-order valence-corrected chi connectivity index (χ2v) is 8.80. The Balaban J connectivity index is 1.41. The van der Waals surface area contributed by atoms with Crippen molar-refractivity contribution in [3.8, 4) is 11.3 Å².